The lowest BCUT2D eigenvalue weighted by Gasteiger charge is -1.95. The number of aryl methyl sites for hydroxylation is 1. The van der Waals surface area contributed by atoms with Crippen molar-refractivity contribution >= 4 is 23.5 Å². The van der Waals surface area contributed by atoms with Crippen LogP contribution in [-0.4, -0.2) is 15.0 Å². The monoisotopic (exact) mass is 275 g/mol. The van der Waals surface area contributed by atoms with Crippen molar-refractivity contribution in [2.75, 3.05) is 0 Å². The van der Waals surface area contributed by atoms with E-state index in [0.717, 1.165) is 0 Å². The van der Waals surface area contributed by atoms with Gasteiger partial charge in [0.15, 0.2) is 5.69 Å². The highest BCUT2D eigenvalue weighted by atomic mass is 16.6. The van der Waals surface area contributed by atoms with Gasteiger partial charge in [-0.1, -0.05) is 17.3 Å². The minimum absolute atomic E-state index is 0.0503. The number of nitro benzene ring substituents is 1. The molecule has 20 heavy (non-hydrogen) atoms. The highest BCUT2D eigenvalue weighted by molar-refractivity contribution is 5.75. The van der Waals surface area contributed by atoms with E-state index in [1.807, 2.05) is 0 Å². The quantitative estimate of drug-likeness (QED) is 0.626. The largest absolute Gasteiger partial charge is 0.349 e. The van der Waals surface area contributed by atoms with Gasteiger partial charge in [0.05, 0.1) is 15.4 Å². The van der Waals surface area contributed by atoms with Crippen LogP contribution in [0.25, 0.3) is 12.2 Å². The average Bonchev–Trinajstić information content (AvgIpc) is 2.77. The molecule has 0 N–H and O–H groups in total. The van der Waals surface area contributed by atoms with Gasteiger partial charge in [-0.2, -0.15) is 0 Å². The van der Waals surface area contributed by atoms with Crippen molar-refractivity contribution < 1.29 is 14.4 Å². The maximum Gasteiger partial charge on any atom is 0.338 e. The summed E-state index contributed by atoms with van der Waals surface area (Å²) in [6.45, 7) is 1.45. The lowest BCUT2D eigenvalue weighted by atomic mass is 10.1. The SMILES string of the molecule is Cc1noc(/C=C/c2ccccc2[N+](=O)[O-])c1[N+](=O)[O-]. The fraction of sp³-hybridized carbons (Fsp3) is 0.0833. The van der Waals surface area contributed by atoms with E-state index in [1.54, 1.807) is 6.07 Å². The molecule has 1 aromatic heterocycles. The molecule has 2 rings (SSSR count). The van der Waals surface area contributed by atoms with Crippen LogP contribution in [0.2, 0.25) is 0 Å². The molecule has 8 heteroatoms. The standard InChI is InChI=1S/C12H9N3O5/c1-8-12(15(18)19)11(20-13-8)7-6-9-4-2-3-5-10(9)14(16)17/h2-7H,1H3/b7-6+. The molecule has 0 aliphatic heterocycles. The zero-order valence-electron chi connectivity index (χ0n) is 10.3. The molecule has 0 radical (unpaired) electrons. The van der Waals surface area contributed by atoms with E-state index in [-0.39, 0.29) is 22.8 Å². The van der Waals surface area contributed by atoms with E-state index >= 15 is 0 Å². The molecule has 0 aliphatic carbocycles. The van der Waals surface area contributed by atoms with Gasteiger partial charge in [0.2, 0.25) is 5.76 Å². The molecule has 0 bridgehead atoms. The Bertz CT molecular complexity index is 705. The van der Waals surface area contributed by atoms with E-state index in [1.165, 1.54) is 37.3 Å². The van der Waals surface area contributed by atoms with Crippen molar-refractivity contribution in [1.82, 2.24) is 5.16 Å². The van der Waals surface area contributed by atoms with E-state index in [2.05, 4.69) is 5.16 Å². The molecule has 8 nitrogen and oxygen atoms in total. The van der Waals surface area contributed by atoms with Gasteiger partial charge in [0.1, 0.15) is 0 Å². The number of para-hydroxylation sites is 1. The molecule has 102 valence electrons. The lowest BCUT2D eigenvalue weighted by Crippen LogP contribution is -1.91. The van der Waals surface area contributed by atoms with Gasteiger partial charge in [-0.05, 0) is 25.1 Å². The number of benzene rings is 1. The first-order valence-electron chi connectivity index (χ1n) is 5.53. The fourth-order valence-corrected chi connectivity index (χ4v) is 1.67. The Hall–Kier alpha value is -3.03. The molecule has 0 fully saturated rings. The van der Waals surface area contributed by atoms with Crippen LogP contribution in [0, 0.1) is 27.2 Å². The van der Waals surface area contributed by atoms with Crippen LogP contribution >= 0.6 is 0 Å². The number of rotatable bonds is 4. The molecule has 0 unspecified atom stereocenters. The Kier molecular flexibility index (Phi) is 3.56. The van der Waals surface area contributed by atoms with Gasteiger partial charge in [0.25, 0.3) is 5.69 Å². The Labute approximate surface area is 112 Å². The third-order valence-electron chi connectivity index (χ3n) is 2.59. The first-order valence-corrected chi connectivity index (χ1v) is 5.53. The van der Waals surface area contributed by atoms with Crippen molar-refractivity contribution in [3.05, 3.63) is 61.5 Å². The zero-order chi connectivity index (χ0) is 14.7. The van der Waals surface area contributed by atoms with Gasteiger partial charge >= 0.3 is 5.69 Å². The molecule has 0 saturated carbocycles. The summed E-state index contributed by atoms with van der Waals surface area (Å²) in [5.74, 6) is -0.0503. The average molecular weight is 275 g/mol. The summed E-state index contributed by atoms with van der Waals surface area (Å²) in [6, 6.07) is 6.05. The third-order valence-corrected chi connectivity index (χ3v) is 2.59. The molecular weight excluding hydrogens is 266 g/mol. The summed E-state index contributed by atoms with van der Waals surface area (Å²) in [5, 5.41) is 25.2. The second kappa shape index (κ2) is 5.31. The first-order chi connectivity index (χ1) is 9.50. The van der Waals surface area contributed by atoms with Crippen LogP contribution in [-0.2, 0) is 0 Å². The van der Waals surface area contributed by atoms with E-state index in [0.29, 0.717) is 5.56 Å². The van der Waals surface area contributed by atoms with E-state index in [9.17, 15) is 20.2 Å². The number of hydrogen-bond acceptors (Lipinski definition) is 6. The number of aromatic nitrogens is 1. The highest BCUT2D eigenvalue weighted by Gasteiger charge is 2.22. The van der Waals surface area contributed by atoms with Gasteiger partial charge in [-0.15, -0.1) is 0 Å². The molecular formula is C12H9N3O5. The lowest BCUT2D eigenvalue weighted by molar-refractivity contribution is -0.386. The third kappa shape index (κ3) is 2.53. The maximum atomic E-state index is 10.9. The summed E-state index contributed by atoms with van der Waals surface area (Å²) in [5.41, 5.74) is 0.125. The predicted molar refractivity (Wildman–Crippen MR) is 69.9 cm³/mol. The van der Waals surface area contributed by atoms with Crippen molar-refractivity contribution in [3.8, 4) is 0 Å². The summed E-state index contributed by atoms with van der Waals surface area (Å²) in [6.07, 6.45) is 2.67. The first kappa shape index (κ1) is 13.4. The normalized spacial score (nSPS) is 10.8. The molecule has 1 heterocycles. The molecule has 2 aromatic rings. The van der Waals surface area contributed by atoms with Crippen LogP contribution in [0.1, 0.15) is 17.0 Å². The Morgan fingerprint density at radius 3 is 2.50 bits per heavy atom. The van der Waals surface area contributed by atoms with Crippen molar-refractivity contribution in [2.45, 2.75) is 6.92 Å². The number of hydrogen-bond donors (Lipinski definition) is 0. The summed E-state index contributed by atoms with van der Waals surface area (Å²) >= 11 is 0. The summed E-state index contributed by atoms with van der Waals surface area (Å²) < 4.78 is 4.83. The van der Waals surface area contributed by atoms with Crippen molar-refractivity contribution in [1.29, 1.82) is 0 Å². The van der Waals surface area contributed by atoms with Gasteiger partial charge in [0, 0.05) is 6.07 Å². The molecule has 0 atom stereocenters. The topological polar surface area (TPSA) is 112 Å². The zero-order valence-corrected chi connectivity index (χ0v) is 10.3. The van der Waals surface area contributed by atoms with Gasteiger partial charge in [-0.3, -0.25) is 20.2 Å². The second-order valence-corrected chi connectivity index (χ2v) is 3.89. The Balaban J connectivity index is 2.40. The molecule has 0 spiro atoms. The summed E-state index contributed by atoms with van der Waals surface area (Å²) in [7, 11) is 0. The molecule has 1 aromatic carbocycles. The minimum Gasteiger partial charge on any atom is -0.349 e. The van der Waals surface area contributed by atoms with Crippen LogP contribution in [0.4, 0.5) is 11.4 Å². The van der Waals surface area contributed by atoms with Crippen LogP contribution < -0.4 is 0 Å². The van der Waals surface area contributed by atoms with Crippen LogP contribution in [0.5, 0.6) is 0 Å². The number of nitro groups is 2. The van der Waals surface area contributed by atoms with Crippen molar-refractivity contribution in [2.24, 2.45) is 0 Å². The number of nitrogens with zero attached hydrogens (tertiary/aromatic N) is 3. The Morgan fingerprint density at radius 1 is 1.15 bits per heavy atom. The highest BCUT2D eigenvalue weighted by Crippen LogP contribution is 2.26. The summed E-state index contributed by atoms with van der Waals surface area (Å²) in [4.78, 5) is 20.6. The van der Waals surface area contributed by atoms with Gasteiger partial charge < -0.3 is 4.52 Å². The van der Waals surface area contributed by atoms with Crippen LogP contribution in [0.3, 0.4) is 0 Å². The maximum absolute atomic E-state index is 10.9. The van der Waals surface area contributed by atoms with E-state index < -0.39 is 9.85 Å². The van der Waals surface area contributed by atoms with Crippen LogP contribution in [0.15, 0.2) is 28.8 Å². The van der Waals surface area contributed by atoms with Crippen molar-refractivity contribution in [3.63, 3.8) is 0 Å². The minimum atomic E-state index is -0.606. The predicted octanol–water partition coefficient (Wildman–Crippen LogP) is 2.97. The smallest absolute Gasteiger partial charge is 0.338 e. The molecule has 0 aliphatic rings. The second-order valence-electron chi connectivity index (χ2n) is 3.89. The fourth-order valence-electron chi connectivity index (χ4n) is 1.67. The Morgan fingerprint density at radius 2 is 1.85 bits per heavy atom. The molecule has 0 saturated heterocycles. The molecule has 0 amide bonds. The van der Waals surface area contributed by atoms with Gasteiger partial charge in [-0.25, -0.2) is 0 Å². The van der Waals surface area contributed by atoms with E-state index in [4.69, 9.17) is 4.52 Å².